The van der Waals surface area contributed by atoms with Gasteiger partial charge in [-0.25, -0.2) is 0 Å². The highest BCUT2D eigenvalue weighted by atomic mass is 14.9. The summed E-state index contributed by atoms with van der Waals surface area (Å²) in [6, 6.07) is 0.398. The van der Waals surface area contributed by atoms with E-state index in [2.05, 4.69) is 10.6 Å². The van der Waals surface area contributed by atoms with E-state index < -0.39 is 0 Å². The maximum Gasteiger partial charge on any atom is 0.0352 e. The summed E-state index contributed by atoms with van der Waals surface area (Å²) in [6.45, 7) is 3.10. The molecule has 12 heavy (non-hydrogen) atoms. The van der Waals surface area contributed by atoms with Crippen molar-refractivity contribution >= 4 is 6.21 Å². The van der Waals surface area contributed by atoms with E-state index in [0.717, 1.165) is 24.2 Å². The van der Waals surface area contributed by atoms with Gasteiger partial charge < -0.3 is 16.0 Å². The molecule has 0 aliphatic carbocycles. The summed E-state index contributed by atoms with van der Waals surface area (Å²) >= 11 is 0. The molecule has 0 spiro atoms. The highest BCUT2D eigenvalue weighted by molar-refractivity contribution is 5.78. The molecule has 0 bridgehead atoms. The van der Waals surface area contributed by atoms with Crippen LogP contribution in [-0.4, -0.2) is 25.8 Å². The fourth-order valence-corrected chi connectivity index (χ4v) is 1.56. The lowest BCUT2D eigenvalue weighted by atomic mass is 10.0. The molecule has 3 heteroatoms. The predicted molar refractivity (Wildman–Crippen MR) is 51.6 cm³/mol. The molecule has 1 atom stereocenters. The van der Waals surface area contributed by atoms with Gasteiger partial charge in [-0.05, 0) is 26.3 Å². The lowest BCUT2D eigenvalue weighted by Gasteiger charge is -2.14. The molecule has 3 nitrogen and oxygen atoms in total. The first kappa shape index (κ1) is 9.26. The molecule has 0 aromatic rings. The molecule has 3 N–H and O–H groups in total. The van der Waals surface area contributed by atoms with E-state index in [1.54, 1.807) is 0 Å². The second-order valence-corrected chi connectivity index (χ2v) is 3.12. The molecule has 1 fully saturated rings. The van der Waals surface area contributed by atoms with Gasteiger partial charge in [0.05, 0.1) is 0 Å². The molecule has 0 aromatic carbocycles. The van der Waals surface area contributed by atoms with Crippen LogP contribution in [0.2, 0.25) is 0 Å². The third-order valence-electron chi connectivity index (χ3n) is 2.40. The number of allylic oxidation sites excluding steroid dienone is 1. The molecule has 1 aliphatic rings. The van der Waals surface area contributed by atoms with Crippen LogP contribution in [0.3, 0.4) is 0 Å². The first-order valence-electron chi connectivity index (χ1n) is 4.42. The van der Waals surface area contributed by atoms with E-state index in [0.29, 0.717) is 6.04 Å². The summed E-state index contributed by atoms with van der Waals surface area (Å²) in [5, 5.41) is 13.8. The highest BCUT2D eigenvalue weighted by Crippen LogP contribution is 2.14. The largest absolute Gasteiger partial charge is 0.391 e. The first-order valence-corrected chi connectivity index (χ1v) is 4.42. The smallest absolute Gasteiger partial charge is 0.0352 e. The van der Waals surface area contributed by atoms with E-state index >= 15 is 0 Å². The predicted octanol–water partition coefficient (Wildman–Crippen LogP) is 0.881. The fraction of sp³-hybridized carbons (Fsp3) is 0.667. The number of hydrogen-bond acceptors (Lipinski definition) is 3. The van der Waals surface area contributed by atoms with Crippen molar-refractivity contribution < 1.29 is 0 Å². The molecule has 0 amide bonds. The van der Waals surface area contributed by atoms with Gasteiger partial charge in [-0.3, -0.25) is 0 Å². The molecule has 1 unspecified atom stereocenters. The van der Waals surface area contributed by atoms with Crippen molar-refractivity contribution in [1.29, 1.82) is 5.41 Å². The minimum absolute atomic E-state index is 0.398. The quantitative estimate of drug-likeness (QED) is 0.546. The lowest BCUT2D eigenvalue weighted by molar-refractivity contribution is 0.698. The lowest BCUT2D eigenvalue weighted by Crippen LogP contribution is -2.27. The number of hydrogen-bond donors (Lipinski definition) is 3. The van der Waals surface area contributed by atoms with E-state index in [1.807, 2.05) is 14.0 Å². The minimum Gasteiger partial charge on any atom is -0.391 e. The SMILES string of the molecule is CN/C(C)=C(\C=N)C1CCCN1. The van der Waals surface area contributed by atoms with Crippen LogP contribution in [0.25, 0.3) is 0 Å². The maximum absolute atomic E-state index is 7.30. The molecule has 0 saturated carbocycles. The van der Waals surface area contributed by atoms with Crippen LogP contribution in [0, 0.1) is 5.41 Å². The van der Waals surface area contributed by atoms with Gasteiger partial charge in [0.2, 0.25) is 0 Å². The topological polar surface area (TPSA) is 47.9 Å². The molecular weight excluding hydrogens is 150 g/mol. The third-order valence-corrected chi connectivity index (χ3v) is 2.40. The maximum atomic E-state index is 7.30. The zero-order chi connectivity index (χ0) is 8.97. The molecular formula is C9H17N3. The zero-order valence-corrected chi connectivity index (χ0v) is 7.78. The zero-order valence-electron chi connectivity index (χ0n) is 7.78. The van der Waals surface area contributed by atoms with Crippen molar-refractivity contribution in [3.05, 3.63) is 11.3 Å². The molecule has 1 saturated heterocycles. The van der Waals surface area contributed by atoms with Crippen molar-refractivity contribution in [2.75, 3.05) is 13.6 Å². The van der Waals surface area contributed by atoms with Gasteiger partial charge in [0.1, 0.15) is 0 Å². The average Bonchev–Trinajstić information content (AvgIpc) is 2.58. The summed E-state index contributed by atoms with van der Waals surface area (Å²) in [6.07, 6.45) is 3.83. The van der Waals surface area contributed by atoms with Gasteiger partial charge in [0.25, 0.3) is 0 Å². The summed E-state index contributed by atoms with van der Waals surface area (Å²) in [7, 11) is 1.90. The Morgan fingerprint density at radius 1 is 1.67 bits per heavy atom. The summed E-state index contributed by atoms with van der Waals surface area (Å²) in [5.41, 5.74) is 2.19. The van der Waals surface area contributed by atoms with Crippen molar-refractivity contribution in [2.45, 2.75) is 25.8 Å². The molecule has 0 aromatic heterocycles. The number of nitrogens with one attached hydrogen (secondary N) is 3. The molecule has 1 rings (SSSR count). The Morgan fingerprint density at radius 2 is 2.42 bits per heavy atom. The second kappa shape index (κ2) is 4.26. The molecule has 0 radical (unpaired) electrons. The standard InChI is InChI=1S/C9H17N3/c1-7(11-2)8(6-10)9-4-3-5-12-9/h6,9-12H,3-5H2,1-2H3/b8-7+,10-6?. The van der Waals surface area contributed by atoms with Crippen LogP contribution < -0.4 is 10.6 Å². The number of rotatable bonds is 3. The monoisotopic (exact) mass is 167 g/mol. The van der Waals surface area contributed by atoms with Crippen LogP contribution in [0.1, 0.15) is 19.8 Å². The first-order chi connectivity index (χ1) is 5.79. The Hall–Kier alpha value is -0.830. The van der Waals surface area contributed by atoms with Crippen LogP contribution in [0.15, 0.2) is 11.3 Å². The van der Waals surface area contributed by atoms with Gasteiger partial charge >= 0.3 is 0 Å². The van der Waals surface area contributed by atoms with E-state index in [9.17, 15) is 0 Å². The fourth-order valence-electron chi connectivity index (χ4n) is 1.56. The van der Waals surface area contributed by atoms with Crippen LogP contribution >= 0.6 is 0 Å². The van der Waals surface area contributed by atoms with E-state index in [-0.39, 0.29) is 0 Å². The Morgan fingerprint density at radius 3 is 2.83 bits per heavy atom. The Labute approximate surface area is 73.7 Å². The van der Waals surface area contributed by atoms with E-state index in [4.69, 9.17) is 5.41 Å². The van der Waals surface area contributed by atoms with Gasteiger partial charge in [-0.2, -0.15) is 0 Å². The Bertz CT molecular complexity index is 190. The summed E-state index contributed by atoms with van der Waals surface area (Å²) in [5.74, 6) is 0. The molecule has 1 aliphatic heterocycles. The van der Waals surface area contributed by atoms with Gasteiger partial charge in [-0.15, -0.1) is 0 Å². The highest BCUT2D eigenvalue weighted by Gasteiger charge is 2.18. The van der Waals surface area contributed by atoms with Gasteiger partial charge in [-0.1, -0.05) is 0 Å². The van der Waals surface area contributed by atoms with Gasteiger partial charge in [0, 0.05) is 30.6 Å². The van der Waals surface area contributed by atoms with Crippen LogP contribution in [-0.2, 0) is 0 Å². The van der Waals surface area contributed by atoms with Crippen molar-refractivity contribution in [3.63, 3.8) is 0 Å². The normalized spacial score (nSPS) is 25.0. The van der Waals surface area contributed by atoms with Crippen LogP contribution in [0.4, 0.5) is 0 Å². The molecule has 1 heterocycles. The van der Waals surface area contributed by atoms with Crippen LogP contribution in [0.5, 0.6) is 0 Å². The average molecular weight is 167 g/mol. The third kappa shape index (κ3) is 1.85. The van der Waals surface area contributed by atoms with Crippen molar-refractivity contribution in [2.24, 2.45) is 0 Å². The minimum atomic E-state index is 0.398. The summed E-state index contributed by atoms with van der Waals surface area (Å²) < 4.78 is 0. The van der Waals surface area contributed by atoms with Gasteiger partial charge in [0.15, 0.2) is 0 Å². The Balaban J connectivity index is 2.72. The second-order valence-electron chi connectivity index (χ2n) is 3.12. The Kier molecular flexibility index (Phi) is 3.29. The van der Waals surface area contributed by atoms with Crippen molar-refractivity contribution in [1.82, 2.24) is 10.6 Å². The van der Waals surface area contributed by atoms with E-state index in [1.165, 1.54) is 12.6 Å². The molecule has 68 valence electrons. The van der Waals surface area contributed by atoms with Crippen molar-refractivity contribution in [3.8, 4) is 0 Å². The summed E-state index contributed by atoms with van der Waals surface area (Å²) in [4.78, 5) is 0.